The number of halogens is 2. The Bertz CT molecular complexity index is 599. The second-order valence-corrected chi connectivity index (χ2v) is 5.99. The monoisotopic (exact) mass is 322 g/mol. The Balaban J connectivity index is 2.12. The predicted octanol–water partition coefficient (Wildman–Crippen LogP) is 4.35. The number of hydrogen-bond acceptors (Lipinski definition) is 2. The van der Waals surface area contributed by atoms with Gasteiger partial charge in [-0.1, -0.05) is 48.5 Å². The maximum absolute atomic E-state index is 12.2. The van der Waals surface area contributed by atoms with Gasteiger partial charge in [-0.25, -0.2) is 0 Å². The van der Waals surface area contributed by atoms with Gasteiger partial charge in [0, 0.05) is 16.1 Å². The highest BCUT2D eigenvalue weighted by Crippen LogP contribution is 2.23. The smallest absolute Gasteiger partial charge is 0.262 e. The molecule has 3 nitrogen and oxygen atoms in total. The molecule has 0 spiro atoms. The zero-order valence-corrected chi connectivity index (χ0v) is 13.0. The number of benzene rings is 1. The van der Waals surface area contributed by atoms with Gasteiger partial charge in [-0.3, -0.25) is 4.79 Å². The van der Waals surface area contributed by atoms with Crippen LogP contribution in [0.5, 0.6) is 0 Å². The van der Waals surface area contributed by atoms with Gasteiger partial charge >= 0.3 is 0 Å². The number of rotatable bonds is 3. The summed E-state index contributed by atoms with van der Waals surface area (Å²) in [6, 6.07) is 7.06. The maximum atomic E-state index is 12.2. The predicted molar refractivity (Wildman–Crippen MR) is 85.1 cm³/mol. The second kappa shape index (κ2) is 7.49. The molecule has 0 heterocycles. The summed E-state index contributed by atoms with van der Waals surface area (Å²) in [5.74, 6) is -0.338. The lowest BCUT2D eigenvalue weighted by Gasteiger charge is -2.22. The van der Waals surface area contributed by atoms with Crippen molar-refractivity contribution in [2.45, 2.75) is 38.1 Å². The van der Waals surface area contributed by atoms with Gasteiger partial charge in [0.15, 0.2) is 0 Å². The van der Waals surface area contributed by atoms with Crippen LogP contribution in [0.15, 0.2) is 23.8 Å². The van der Waals surface area contributed by atoms with Crippen LogP contribution in [0.25, 0.3) is 6.08 Å². The molecule has 0 atom stereocenters. The van der Waals surface area contributed by atoms with Gasteiger partial charge in [-0.15, -0.1) is 0 Å². The molecule has 1 aliphatic rings. The molecule has 1 fully saturated rings. The average molecular weight is 323 g/mol. The van der Waals surface area contributed by atoms with E-state index >= 15 is 0 Å². The first-order valence-electron chi connectivity index (χ1n) is 6.98. The minimum absolute atomic E-state index is 0.0600. The summed E-state index contributed by atoms with van der Waals surface area (Å²) in [7, 11) is 0. The largest absolute Gasteiger partial charge is 0.349 e. The number of hydrogen-bond donors (Lipinski definition) is 1. The van der Waals surface area contributed by atoms with Crippen LogP contribution in [-0.4, -0.2) is 11.9 Å². The standard InChI is InChI=1S/C16H16Cl2N2O/c17-13-7-6-11(15(18)9-13)8-12(10-19)16(21)20-14-4-2-1-3-5-14/h6-9,14H,1-5H2,(H,20,21)/b12-8+. The first-order chi connectivity index (χ1) is 10.1. The van der Waals surface area contributed by atoms with Crippen LogP contribution in [0.3, 0.4) is 0 Å². The fraction of sp³-hybridized carbons (Fsp3) is 0.375. The Morgan fingerprint density at radius 3 is 2.62 bits per heavy atom. The highest BCUT2D eigenvalue weighted by atomic mass is 35.5. The molecule has 0 aliphatic heterocycles. The Labute approximate surface area is 134 Å². The molecular weight excluding hydrogens is 307 g/mol. The van der Waals surface area contributed by atoms with Gasteiger partial charge in [0.25, 0.3) is 5.91 Å². The summed E-state index contributed by atoms with van der Waals surface area (Å²) in [5, 5.41) is 13.0. The first kappa shape index (κ1) is 15.9. The summed E-state index contributed by atoms with van der Waals surface area (Å²) in [5.41, 5.74) is 0.668. The van der Waals surface area contributed by atoms with Crippen LogP contribution in [0, 0.1) is 11.3 Å². The van der Waals surface area contributed by atoms with Crippen molar-refractivity contribution in [1.82, 2.24) is 5.32 Å². The molecule has 21 heavy (non-hydrogen) atoms. The molecule has 1 N–H and O–H groups in total. The molecule has 1 aromatic carbocycles. The quantitative estimate of drug-likeness (QED) is 0.664. The molecule has 0 unspecified atom stereocenters. The van der Waals surface area contributed by atoms with E-state index in [1.54, 1.807) is 18.2 Å². The lowest BCUT2D eigenvalue weighted by molar-refractivity contribution is -0.117. The van der Waals surface area contributed by atoms with Gasteiger partial charge in [0.05, 0.1) is 0 Å². The Kier molecular flexibility index (Phi) is 5.67. The fourth-order valence-electron chi connectivity index (χ4n) is 2.43. The van der Waals surface area contributed by atoms with E-state index < -0.39 is 0 Å². The zero-order chi connectivity index (χ0) is 15.2. The van der Waals surface area contributed by atoms with Gasteiger partial charge in [0.1, 0.15) is 11.6 Å². The Hall–Kier alpha value is -1.50. The number of nitrogens with zero attached hydrogens (tertiary/aromatic N) is 1. The molecule has 0 aromatic heterocycles. The minimum atomic E-state index is -0.338. The molecule has 2 rings (SSSR count). The first-order valence-corrected chi connectivity index (χ1v) is 7.73. The van der Waals surface area contributed by atoms with Crippen molar-refractivity contribution < 1.29 is 4.79 Å². The topological polar surface area (TPSA) is 52.9 Å². The minimum Gasteiger partial charge on any atom is -0.349 e. The fourth-order valence-corrected chi connectivity index (χ4v) is 2.90. The number of amides is 1. The summed E-state index contributed by atoms with van der Waals surface area (Å²) in [4.78, 5) is 12.2. The molecule has 1 aliphatic carbocycles. The normalized spacial score (nSPS) is 16.3. The van der Waals surface area contributed by atoms with E-state index in [4.69, 9.17) is 23.2 Å². The van der Waals surface area contributed by atoms with Crippen molar-refractivity contribution >= 4 is 35.2 Å². The second-order valence-electron chi connectivity index (χ2n) is 5.14. The highest BCUT2D eigenvalue weighted by Gasteiger charge is 2.18. The van der Waals surface area contributed by atoms with E-state index in [1.165, 1.54) is 12.5 Å². The van der Waals surface area contributed by atoms with E-state index in [0.717, 1.165) is 25.7 Å². The van der Waals surface area contributed by atoms with E-state index in [-0.39, 0.29) is 17.5 Å². The number of carbonyl (C=O) groups is 1. The van der Waals surface area contributed by atoms with Crippen LogP contribution < -0.4 is 5.32 Å². The lowest BCUT2D eigenvalue weighted by atomic mass is 9.95. The van der Waals surface area contributed by atoms with E-state index in [2.05, 4.69) is 5.32 Å². The number of nitriles is 1. The third kappa shape index (κ3) is 4.49. The summed E-state index contributed by atoms with van der Waals surface area (Å²) in [6.07, 6.45) is 6.92. The Morgan fingerprint density at radius 2 is 2.00 bits per heavy atom. The van der Waals surface area contributed by atoms with Gasteiger partial charge in [-0.05, 0) is 36.6 Å². The lowest BCUT2D eigenvalue weighted by Crippen LogP contribution is -2.36. The van der Waals surface area contributed by atoms with Crippen LogP contribution in [-0.2, 0) is 4.79 Å². The number of nitrogens with one attached hydrogen (secondary N) is 1. The van der Waals surface area contributed by atoms with Gasteiger partial charge in [-0.2, -0.15) is 5.26 Å². The van der Waals surface area contributed by atoms with Crippen molar-refractivity contribution in [2.75, 3.05) is 0 Å². The summed E-state index contributed by atoms with van der Waals surface area (Å²) in [6.45, 7) is 0. The van der Waals surface area contributed by atoms with Crippen molar-refractivity contribution in [3.63, 3.8) is 0 Å². The maximum Gasteiger partial charge on any atom is 0.262 e. The SMILES string of the molecule is N#C/C(=C\c1ccc(Cl)cc1Cl)C(=O)NC1CCCCC1. The van der Waals surface area contributed by atoms with Crippen molar-refractivity contribution in [2.24, 2.45) is 0 Å². The molecule has 110 valence electrons. The third-order valence-corrected chi connectivity index (χ3v) is 4.13. The molecule has 0 bridgehead atoms. The van der Waals surface area contributed by atoms with Crippen LogP contribution in [0.1, 0.15) is 37.7 Å². The molecule has 1 amide bonds. The van der Waals surface area contributed by atoms with Crippen LogP contribution >= 0.6 is 23.2 Å². The molecule has 5 heteroatoms. The highest BCUT2D eigenvalue weighted by molar-refractivity contribution is 6.35. The number of carbonyl (C=O) groups excluding carboxylic acids is 1. The van der Waals surface area contributed by atoms with Gasteiger partial charge < -0.3 is 5.32 Å². The zero-order valence-electron chi connectivity index (χ0n) is 11.5. The van der Waals surface area contributed by atoms with Crippen molar-refractivity contribution in [1.29, 1.82) is 5.26 Å². The summed E-state index contributed by atoms with van der Waals surface area (Å²) < 4.78 is 0. The van der Waals surface area contributed by atoms with Crippen molar-refractivity contribution in [3.8, 4) is 6.07 Å². The third-order valence-electron chi connectivity index (χ3n) is 3.57. The molecule has 0 radical (unpaired) electrons. The molecular formula is C16H16Cl2N2O. The molecule has 0 saturated heterocycles. The Morgan fingerprint density at radius 1 is 1.29 bits per heavy atom. The van der Waals surface area contributed by atoms with E-state index in [0.29, 0.717) is 15.6 Å². The van der Waals surface area contributed by atoms with Crippen LogP contribution in [0.4, 0.5) is 0 Å². The molecule has 1 aromatic rings. The van der Waals surface area contributed by atoms with Gasteiger partial charge in [0.2, 0.25) is 0 Å². The molecule has 1 saturated carbocycles. The van der Waals surface area contributed by atoms with E-state index in [9.17, 15) is 10.1 Å². The average Bonchev–Trinajstić information content (AvgIpc) is 2.47. The van der Waals surface area contributed by atoms with Crippen LogP contribution in [0.2, 0.25) is 10.0 Å². The van der Waals surface area contributed by atoms with E-state index in [1.807, 2.05) is 6.07 Å². The summed E-state index contributed by atoms with van der Waals surface area (Å²) >= 11 is 11.9. The van der Waals surface area contributed by atoms with Crippen molar-refractivity contribution in [3.05, 3.63) is 39.4 Å².